The Balaban J connectivity index is 1.27. The van der Waals surface area contributed by atoms with Crippen LogP contribution in [0, 0.1) is 0 Å². The van der Waals surface area contributed by atoms with Gasteiger partial charge < -0.3 is 9.47 Å². The van der Waals surface area contributed by atoms with Gasteiger partial charge in [-0.15, -0.1) is 0 Å². The zero-order valence-corrected chi connectivity index (χ0v) is 17.0. The molecule has 152 valence electrons. The maximum absolute atomic E-state index is 5.46. The summed E-state index contributed by atoms with van der Waals surface area (Å²) in [4.78, 5) is 7.46. The van der Waals surface area contributed by atoms with Crippen molar-refractivity contribution in [1.29, 1.82) is 0 Å². The van der Waals surface area contributed by atoms with Crippen LogP contribution in [0.25, 0.3) is 0 Å². The molecule has 0 aliphatic carbocycles. The Morgan fingerprint density at radius 2 is 1.43 bits per heavy atom. The van der Waals surface area contributed by atoms with E-state index in [4.69, 9.17) is 14.5 Å². The molecule has 0 N–H and O–H groups in total. The molecular weight excluding hydrogens is 372 g/mol. The number of hydrogen-bond acceptors (Lipinski definition) is 4. The molecule has 4 nitrogen and oxygen atoms in total. The van der Waals surface area contributed by atoms with Crippen LogP contribution in [-0.4, -0.2) is 37.0 Å². The van der Waals surface area contributed by atoms with E-state index in [2.05, 4.69) is 65.6 Å². The highest BCUT2D eigenvalue weighted by molar-refractivity contribution is 5.81. The lowest BCUT2D eigenvalue weighted by atomic mass is 9.94. The second-order valence-corrected chi connectivity index (χ2v) is 7.88. The van der Waals surface area contributed by atoms with Crippen LogP contribution in [0.3, 0.4) is 0 Å². The Labute approximate surface area is 177 Å². The van der Waals surface area contributed by atoms with Crippen molar-refractivity contribution >= 4 is 6.21 Å². The molecule has 0 radical (unpaired) electrons. The van der Waals surface area contributed by atoms with E-state index in [-0.39, 0.29) is 0 Å². The molecule has 1 saturated heterocycles. The third-order valence-electron chi connectivity index (χ3n) is 5.93. The Kier molecular flexibility index (Phi) is 5.49. The molecule has 0 amide bonds. The fourth-order valence-electron chi connectivity index (χ4n) is 4.36. The quantitative estimate of drug-likeness (QED) is 0.562. The first kappa shape index (κ1) is 18.9. The van der Waals surface area contributed by atoms with Gasteiger partial charge >= 0.3 is 0 Å². The molecule has 2 aliphatic rings. The van der Waals surface area contributed by atoms with E-state index in [9.17, 15) is 0 Å². The summed E-state index contributed by atoms with van der Waals surface area (Å²) in [7, 11) is 0. The first-order valence-corrected chi connectivity index (χ1v) is 10.6. The number of fused-ring (bicyclic) bond motifs is 1. The van der Waals surface area contributed by atoms with Gasteiger partial charge in [-0.3, -0.25) is 9.89 Å². The van der Waals surface area contributed by atoms with Crippen LogP contribution in [0.1, 0.15) is 35.6 Å². The van der Waals surface area contributed by atoms with E-state index in [1.54, 1.807) is 0 Å². The molecule has 0 saturated carbocycles. The van der Waals surface area contributed by atoms with Crippen molar-refractivity contribution in [3.05, 3.63) is 95.6 Å². The highest BCUT2D eigenvalue weighted by Crippen LogP contribution is 2.33. The summed E-state index contributed by atoms with van der Waals surface area (Å²) in [5.41, 5.74) is 3.77. The number of likely N-dealkylation sites (tertiary alicyclic amines) is 1. The van der Waals surface area contributed by atoms with Crippen molar-refractivity contribution in [3.63, 3.8) is 0 Å². The molecule has 30 heavy (non-hydrogen) atoms. The van der Waals surface area contributed by atoms with Crippen LogP contribution in [0.15, 0.2) is 83.9 Å². The van der Waals surface area contributed by atoms with E-state index >= 15 is 0 Å². The monoisotopic (exact) mass is 398 g/mol. The molecular formula is C26H26N2O2. The van der Waals surface area contributed by atoms with E-state index in [0.717, 1.165) is 43.0 Å². The van der Waals surface area contributed by atoms with Crippen molar-refractivity contribution in [1.82, 2.24) is 4.90 Å². The van der Waals surface area contributed by atoms with Gasteiger partial charge in [-0.2, -0.15) is 0 Å². The van der Waals surface area contributed by atoms with Gasteiger partial charge in [-0.25, -0.2) is 0 Å². The number of ether oxygens (including phenoxy) is 2. The van der Waals surface area contributed by atoms with E-state index in [0.29, 0.717) is 18.9 Å². The highest BCUT2D eigenvalue weighted by Gasteiger charge is 2.27. The number of piperidine rings is 1. The summed E-state index contributed by atoms with van der Waals surface area (Å²) in [5.74, 6) is 1.62. The number of hydrogen-bond donors (Lipinski definition) is 0. The van der Waals surface area contributed by atoms with Crippen molar-refractivity contribution in [3.8, 4) is 11.5 Å². The van der Waals surface area contributed by atoms with Gasteiger partial charge in [0.05, 0.1) is 12.1 Å². The Hall–Kier alpha value is -3.11. The van der Waals surface area contributed by atoms with Crippen LogP contribution in [0.5, 0.6) is 11.5 Å². The summed E-state index contributed by atoms with van der Waals surface area (Å²) in [6.45, 7) is 2.38. The van der Waals surface area contributed by atoms with E-state index in [1.807, 2.05) is 24.4 Å². The smallest absolute Gasteiger partial charge is 0.231 e. The van der Waals surface area contributed by atoms with Gasteiger partial charge in [-0.05, 0) is 47.7 Å². The molecule has 0 atom stereocenters. The molecule has 0 aromatic heterocycles. The van der Waals surface area contributed by atoms with Crippen molar-refractivity contribution in [2.75, 3.05) is 19.9 Å². The van der Waals surface area contributed by atoms with Crippen LogP contribution < -0.4 is 9.47 Å². The lowest BCUT2D eigenvalue weighted by Gasteiger charge is -2.37. The zero-order valence-electron chi connectivity index (χ0n) is 17.0. The number of benzene rings is 3. The average molecular weight is 399 g/mol. The fraction of sp³-hybridized carbons (Fsp3) is 0.269. The van der Waals surface area contributed by atoms with Crippen molar-refractivity contribution in [2.45, 2.75) is 24.9 Å². The van der Waals surface area contributed by atoms with Crippen LogP contribution in [-0.2, 0) is 0 Å². The van der Waals surface area contributed by atoms with Crippen LogP contribution in [0.2, 0.25) is 0 Å². The van der Waals surface area contributed by atoms with Gasteiger partial charge in [0.2, 0.25) is 6.79 Å². The molecule has 4 heteroatoms. The fourth-order valence-corrected chi connectivity index (χ4v) is 4.36. The minimum absolute atomic E-state index is 0.297. The molecule has 3 aromatic carbocycles. The summed E-state index contributed by atoms with van der Waals surface area (Å²) in [6.07, 6.45) is 4.11. The third-order valence-corrected chi connectivity index (χ3v) is 5.93. The van der Waals surface area contributed by atoms with Crippen molar-refractivity contribution in [2.24, 2.45) is 4.99 Å². The van der Waals surface area contributed by atoms with Crippen LogP contribution in [0.4, 0.5) is 0 Å². The lowest BCUT2D eigenvalue weighted by molar-refractivity contribution is 0.174. The predicted molar refractivity (Wildman–Crippen MR) is 119 cm³/mol. The van der Waals surface area contributed by atoms with Gasteiger partial charge in [0.15, 0.2) is 11.5 Å². The topological polar surface area (TPSA) is 34.1 Å². The van der Waals surface area contributed by atoms with Gasteiger partial charge in [0, 0.05) is 19.3 Å². The Bertz CT molecular complexity index is 957. The maximum atomic E-state index is 5.46. The summed E-state index contributed by atoms with van der Waals surface area (Å²) in [6, 6.07) is 28.3. The largest absolute Gasteiger partial charge is 0.454 e. The summed E-state index contributed by atoms with van der Waals surface area (Å²) < 4.78 is 10.8. The molecule has 2 aliphatic heterocycles. The molecule has 0 bridgehead atoms. The zero-order chi connectivity index (χ0) is 20.2. The minimum atomic E-state index is 0.297. The highest BCUT2D eigenvalue weighted by atomic mass is 16.7. The number of rotatable bonds is 5. The lowest BCUT2D eigenvalue weighted by Crippen LogP contribution is -2.38. The Morgan fingerprint density at radius 3 is 2.10 bits per heavy atom. The van der Waals surface area contributed by atoms with Gasteiger partial charge in [0.25, 0.3) is 0 Å². The molecule has 0 spiro atoms. The number of nitrogens with zero attached hydrogens (tertiary/aromatic N) is 2. The molecule has 3 aromatic rings. The second kappa shape index (κ2) is 8.72. The van der Waals surface area contributed by atoms with Crippen molar-refractivity contribution < 1.29 is 9.47 Å². The van der Waals surface area contributed by atoms with Crippen LogP contribution >= 0.6 is 0 Å². The SMILES string of the molecule is C(=NC1CCN(C(c2ccccc2)c2ccccc2)CC1)c1ccc2c(c1)OCO2. The number of aliphatic imine (C=N–C) groups is 1. The maximum Gasteiger partial charge on any atom is 0.231 e. The third kappa shape index (κ3) is 4.10. The van der Waals surface area contributed by atoms with E-state index in [1.165, 1.54) is 11.1 Å². The Morgan fingerprint density at radius 1 is 0.800 bits per heavy atom. The average Bonchev–Trinajstić information content (AvgIpc) is 3.28. The van der Waals surface area contributed by atoms with Gasteiger partial charge in [0.1, 0.15) is 0 Å². The standard InChI is InChI=1S/C26H26N2O2/c1-3-7-21(8-4-1)26(22-9-5-2-6-10-22)28-15-13-23(14-16-28)27-18-20-11-12-24-25(17-20)30-19-29-24/h1-12,17-18,23,26H,13-16,19H2. The van der Waals surface area contributed by atoms with Gasteiger partial charge in [-0.1, -0.05) is 60.7 Å². The molecule has 0 unspecified atom stereocenters. The summed E-state index contributed by atoms with van der Waals surface area (Å²) >= 11 is 0. The minimum Gasteiger partial charge on any atom is -0.454 e. The first-order chi connectivity index (χ1) is 14.9. The molecule has 5 rings (SSSR count). The molecule has 1 fully saturated rings. The summed E-state index contributed by atoms with van der Waals surface area (Å²) in [5, 5.41) is 0. The van der Waals surface area contributed by atoms with E-state index < -0.39 is 0 Å². The normalized spacial score (nSPS) is 17.1. The second-order valence-electron chi connectivity index (χ2n) is 7.88. The predicted octanol–water partition coefficient (Wildman–Crippen LogP) is 5.09. The first-order valence-electron chi connectivity index (χ1n) is 10.6. The molecule has 2 heterocycles.